The van der Waals surface area contributed by atoms with Crippen LogP contribution in [0.1, 0.15) is 37.8 Å². The van der Waals surface area contributed by atoms with Gasteiger partial charge in [-0.05, 0) is 58.0 Å². The van der Waals surface area contributed by atoms with Gasteiger partial charge in [0.15, 0.2) is 0 Å². The summed E-state index contributed by atoms with van der Waals surface area (Å²) in [5.74, 6) is 0.214. The van der Waals surface area contributed by atoms with Crippen molar-refractivity contribution in [1.82, 2.24) is 9.80 Å². The van der Waals surface area contributed by atoms with Crippen molar-refractivity contribution in [3.8, 4) is 0 Å². The molecule has 0 aliphatic carbocycles. The fourth-order valence-electron chi connectivity index (χ4n) is 2.47. The van der Waals surface area contributed by atoms with Crippen LogP contribution in [0.3, 0.4) is 0 Å². The van der Waals surface area contributed by atoms with E-state index in [9.17, 15) is 4.39 Å². The first-order chi connectivity index (χ1) is 9.49. The van der Waals surface area contributed by atoms with Gasteiger partial charge in [-0.1, -0.05) is 6.07 Å². The van der Waals surface area contributed by atoms with Gasteiger partial charge in [-0.15, -0.1) is 0 Å². The van der Waals surface area contributed by atoms with Crippen molar-refractivity contribution in [3.05, 3.63) is 35.1 Å². The molecule has 1 aliphatic heterocycles. The van der Waals surface area contributed by atoms with E-state index in [1.165, 1.54) is 12.1 Å². The van der Waals surface area contributed by atoms with Crippen LogP contribution < -0.4 is 0 Å². The van der Waals surface area contributed by atoms with E-state index < -0.39 is 0 Å². The standard InChI is InChI=1S/C16H24FN3/c1-12(2)19(3)8-4-5-9-20-11-13-6-7-14(17)10-15(13)16(20)18/h6-7,10,12,18H,4-5,8-9,11H2,1-3H3. The van der Waals surface area contributed by atoms with Crippen molar-refractivity contribution in [2.45, 2.75) is 39.3 Å². The smallest absolute Gasteiger partial charge is 0.128 e. The van der Waals surface area contributed by atoms with Crippen LogP contribution in [0.2, 0.25) is 0 Å². The molecule has 0 fully saturated rings. The van der Waals surface area contributed by atoms with Crippen molar-refractivity contribution in [2.24, 2.45) is 0 Å². The molecule has 1 aromatic rings. The maximum Gasteiger partial charge on any atom is 0.128 e. The normalized spacial score (nSPS) is 14.5. The predicted molar refractivity (Wildman–Crippen MR) is 80.6 cm³/mol. The topological polar surface area (TPSA) is 30.3 Å². The molecule has 0 atom stereocenters. The van der Waals surface area contributed by atoms with Crippen LogP contribution >= 0.6 is 0 Å². The molecule has 1 heterocycles. The summed E-state index contributed by atoms with van der Waals surface area (Å²) in [6.07, 6.45) is 2.19. The molecule has 20 heavy (non-hydrogen) atoms. The second-order valence-electron chi connectivity index (χ2n) is 5.85. The zero-order chi connectivity index (χ0) is 14.7. The van der Waals surface area contributed by atoms with Crippen molar-refractivity contribution >= 4 is 5.84 Å². The molecule has 0 saturated heterocycles. The van der Waals surface area contributed by atoms with Gasteiger partial charge < -0.3 is 9.80 Å². The van der Waals surface area contributed by atoms with Crippen LogP contribution in [0.5, 0.6) is 0 Å². The Bertz CT molecular complexity index is 485. The van der Waals surface area contributed by atoms with Gasteiger partial charge in [0.05, 0.1) is 0 Å². The monoisotopic (exact) mass is 277 g/mol. The maximum absolute atomic E-state index is 13.2. The second-order valence-corrected chi connectivity index (χ2v) is 5.85. The number of halogens is 1. The van der Waals surface area contributed by atoms with E-state index in [1.54, 1.807) is 6.07 Å². The van der Waals surface area contributed by atoms with Gasteiger partial charge in [-0.25, -0.2) is 4.39 Å². The Morgan fingerprint density at radius 3 is 2.80 bits per heavy atom. The van der Waals surface area contributed by atoms with Gasteiger partial charge in [-0.3, -0.25) is 5.41 Å². The Hall–Kier alpha value is -1.42. The zero-order valence-corrected chi connectivity index (χ0v) is 12.6. The predicted octanol–water partition coefficient (Wildman–Crippen LogP) is 3.09. The van der Waals surface area contributed by atoms with Crippen molar-refractivity contribution < 1.29 is 4.39 Å². The van der Waals surface area contributed by atoms with E-state index in [2.05, 4.69) is 25.8 Å². The van der Waals surface area contributed by atoms with Gasteiger partial charge >= 0.3 is 0 Å². The van der Waals surface area contributed by atoms with Gasteiger partial charge in [0.1, 0.15) is 11.7 Å². The SMILES string of the molecule is CC(C)N(C)CCCCN1Cc2ccc(F)cc2C1=N. The molecule has 0 amide bonds. The summed E-state index contributed by atoms with van der Waals surface area (Å²) < 4.78 is 13.2. The number of rotatable bonds is 6. The molecule has 0 unspecified atom stereocenters. The Morgan fingerprint density at radius 1 is 1.35 bits per heavy atom. The minimum atomic E-state index is -0.256. The Morgan fingerprint density at radius 2 is 2.10 bits per heavy atom. The molecule has 1 aromatic carbocycles. The highest BCUT2D eigenvalue weighted by Gasteiger charge is 2.23. The van der Waals surface area contributed by atoms with E-state index in [-0.39, 0.29) is 5.82 Å². The van der Waals surface area contributed by atoms with E-state index in [0.717, 1.165) is 43.6 Å². The third-order valence-electron chi connectivity index (χ3n) is 4.07. The summed E-state index contributed by atoms with van der Waals surface area (Å²) in [6, 6.07) is 5.33. The molecule has 1 N–H and O–H groups in total. The van der Waals surface area contributed by atoms with Gasteiger partial charge in [-0.2, -0.15) is 0 Å². The van der Waals surface area contributed by atoms with Crippen molar-refractivity contribution in [2.75, 3.05) is 20.1 Å². The highest BCUT2D eigenvalue weighted by atomic mass is 19.1. The number of nitrogens with one attached hydrogen (secondary N) is 1. The summed E-state index contributed by atoms with van der Waals surface area (Å²) in [4.78, 5) is 4.37. The van der Waals surface area contributed by atoms with Crippen LogP contribution in [-0.4, -0.2) is 41.8 Å². The van der Waals surface area contributed by atoms with Crippen LogP contribution in [0, 0.1) is 11.2 Å². The first-order valence-corrected chi connectivity index (χ1v) is 7.31. The summed E-state index contributed by atoms with van der Waals surface area (Å²) in [5.41, 5.74) is 1.82. The maximum atomic E-state index is 13.2. The molecule has 0 aromatic heterocycles. The number of benzene rings is 1. The number of nitrogens with zero attached hydrogens (tertiary/aromatic N) is 2. The first-order valence-electron chi connectivity index (χ1n) is 7.31. The molecular formula is C16H24FN3. The van der Waals surface area contributed by atoms with Crippen LogP contribution in [0.4, 0.5) is 4.39 Å². The molecule has 3 nitrogen and oxygen atoms in total. The lowest BCUT2D eigenvalue weighted by atomic mass is 10.1. The zero-order valence-electron chi connectivity index (χ0n) is 12.6. The number of fused-ring (bicyclic) bond motifs is 1. The lowest BCUT2D eigenvalue weighted by Gasteiger charge is -2.22. The Labute approximate surface area is 120 Å². The molecule has 0 saturated carbocycles. The van der Waals surface area contributed by atoms with Crippen LogP contribution in [0.15, 0.2) is 18.2 Å². The summed E-state index contributed by atoms with van der Waals surface area (Å²) >= 11 is 0. The molecule has 0 radical (unpaired) electrons. The lowest BCUT2D eigenvalue weighted by molar-refractivity contribution is 0.263. The summed E-state index contributed by atoms with van der Waals surface area (Å²) in [5, 5.41) is 8.12. The van der Waals surface area contributed by atoms with Crippen LogP contribution in [0.25, 0.3) is 0 Å². The minimum Gasteiger partial charge on any atom is -0.352 e. The molecule has 0 spiro atoms. The number of hydrogen-bond donors (Lipinski definition) is 1. The third kappa shape index (κ3) is 3.37. The average molecular weight is 277 g/mol. The van der Waals surface area contributed by atoms with Crippen molar-refractivity contribution in [3.63, 3.8) is 0 Å². The number of hydrogen-bond acceptors (Lipinski definition) is 2. The van der Waals surface area contributed by atoms with Gasteiger partial charge in [0.25, 0.3) is 0 Å². The van der Waals surface area contributed by atoms with Crippen molar-refractivity contribution in [1.29, 1.82) is 5.41 Å². The second kappa shape index (κ2) is 6.35. The third-order valence-corrected chi connectivity index (χ3v) is 4.07. The van der Waals surface area contributed by atoms with E-state index >= 15 is 0 Å². The minimum absolute atomic E-state index is 0.256. The largest absolute Gasteiger partial charge is 0.352 e. The molecule has 110 valence electrons. The average Bonchev–Trinajstić information content (AvgIpc) is 2.71. The Balaban J connectivity index is 1.81. The first kappa shape index (κ1) is 15.0. The molecule has 2 rings (SSSR count). The van der Waals surface area contributed by atoms with E-state index in [0.29, 0.717) is 11.9 Å². The molecular weight excluding hydrogens is 253 g/mol. The number of amidine groups is 1. The van der Waals surface area contributed by atoms with E-state index in [1.807, 2.05) is 4.90 Å². The highest BCUT2D eigenvalue weighted by Crippen LogP contribution is 2.23. The van der Waals surface area contributed by atoms with Gasteiger partial charge in [0, 0.05) is 24.7 Å². The lowest BCUT2D eigenvalue weighted by Crippen LogP contribution is -2.29. The Kier molecular flexibility index (Phi) is 4.76. The highest BCUT2D eigenvalue weighted by molar-refractivity contribution is 6.00. The quantitative estimate of drug-likeness (QED) is 0.810. The summed E-state index contributed by atoms with van der Waals surface area (Å²) in [6.45, 7) is 7.10. The van der Waals surface area contributed by atoms with Gasteiger partial charge in [0.2, 0.25) is 0 Å². The molecule has 0 bridgehead atoms. The van der Waals surface area contributed by atoms with E-state index in [4.69, 9.17) is 5.41 Å². The fraction of sp³-hybridized carbons (Fsp3) is 0.562. The fourth-order valence-corrected chi connectivity index (χ4v) is 2.47. The molecule has 1 aliphatic rings. The molecule has 4 heteroatoms. The number of unbranched alkanes of at least 4 members (excludes halogenated alkanes) is 1. The summed E-state index contributed by atoms with van der Waals surface area (Å²) in [7, 11) is 2.14. The van der Waals surface area contributed by atoms with Crippen LogP contribution in [-0.2, 0) is 6.54 Å².